The van der Waals surface area contributed by atoms with Crippen LogP contribution in [0.3, 0.4) is 0 Å². The summed E-state index contributed by atoms with van der Waals surface area (Å²) in [6.07, 6.45) is 10.1. The average Bonchev–Trinajstić information content (AvgIpc) is 3.32. The molecule has 0 radical (unpaired) electrons. The number of nitrogens with two attached hydrogens (primary N) is 2. The second-order valence-electron chi connectivity index (χ2n) is 13.8. The highest BCUT2D eigenvalue weighted by atomic mass is 16.2. The third-order valence-corrected chi connectivity index (χ3v) is 10.3. The Labute approximate surface area is 292 Å². The van der Waals surface area contributed by atoms with Crippen molar-refractivity contribution in [1.82, 2.24) is 15.1 Å². The van der Waals surface area contributed by atoms with Gasteiger partial charge in [-0.15, -0.1) is 0 Å². The molecule has 2 saturated heterocycles. The van der Waals surface area contributed by atoms with Crippen molar-refractivity contribution >= 4 is 58.8 Å². The van der Waals surface area contributed by atoms with Gasteiger partial charge >= 0.3 is 0 Å². The van der Waals surface area contributed by atoms with Crippen molar-refractivity contribution in [2.75, 3.05) is 49.2 Å². The summed E-state index contributed by atoms with van der Waals surface area (Å²) in [6.45, 7) is 5.95. The van der Waals surface area contributed by atoms with Crippen LogP contribution in [0.25, 0.3) is 0 Å². The fourth-order valence-corrected chi connectivity index (χ4v) is 7.02. The molecule has 4 aliphatic rings. The molecule has 1 saturated carbocycles. The van der Waals surface area contributed by atoms with Gasteiger partial charge in [-0.25, -0.2) is 0 Å². The van der Waals surface area contributed by atoms with E-state index in [-0.39, 0.29) is 30.0 Å². The molecule has 2 atom stereocenters. The number of piperidine rings is 1. The Kier molecular flexibility index (Phi) is 10.6. The topological polar surface area (TPSA) is 179 Å². The standard InChI is InChI=1S/C37H47N9O4/c1-23-22-45(15-14-44(23)2)28-6-8-32(31(39)19-28)41-13-11-25(20-38)21-42-27-16-24(17-27)4-3-12-40-26-5-7-29-30(18-26)37(50)46(36(29)49)33-9-10-34(47)43-35(33)48/h5-8,13,18-21,23-24,27,33,40H,3-4,9-12,14-17,22,38-39H2,1-2H3,(H,43,47,48). The lowest BCUT2D eigenvalue weighted by molar-refractivity contribution is -0.136. The molecule has 6 N–H and O–H groups in total. The maximum Gasteiger partial charge on any atom is 0.262 e. The number of amides is 4. The van der Waals surface area contributed by atoms with Crippen LogP contribution in [0, 0.1) is 5.92 Å². The Hall–Kier alpha value is -5.04. The van der Waals surface area contributed by atoms with Crippen LogP contribution in [0.5, 0.6) is 0 Å². The molecule has 3 aliphatic heterocycles. The van der Waals surface area contributed by atoms with Crippen LogP contribution in [0.15, 0.2) is 58.2 Å². The van der Waals surface area contributed by atoms with Crippen molar-refractivity contribution in [3.05, 3.63) is 59.3 Å². The minimum Gasteiger partial charge on any atom is -0.404 e. The fourth-order valence-electron chi connectivity index (χ4n) is 7.02. The number of benzene rings is 2. The zero-order chi connectivity index (χ0) is 35.4. The molecule has 0 bridgehead atoms. The van der Waals surface area contributed by atoms with Crippen LogP contribution < -0.4 is 27.0 Å². The third-order valence-electron chi connectivity index (χ3n) is 10.3. The molecular weight excluding hydrogens is 634 g/mol. The normalized spacial score (nSPS) is 24.6. The van der Waals surface area contributed by atoms with Crippen molar-refractivity contribution in [2.45, 2.75) is 70.0 Å². The summed E-state index contributed by atoms with van der Waals surface area (Å²) >= 11 is 0. The first kappa shape index (κ1) is 34.8. The largest absolute Gasteiger partial charge is 0.404 e. The number of nitrogens with zero attached hydrogens (tertiary/aromatic N) is 5. The summed E-state index contributed by atoms with van der Waals surface area (Å²) in [7, 11) is 2.16. The van der Waals surface area contributed by atoms with Crippen LogP contribution in [-0.4, -0.2) is 97.2 Å². The summed E-state index contributed by atoms with van der Waals surface area (Å²) in [5, 5.41) is 5.57. The van der Waals surface area contributed by atoms with Gasteiger partial charge in [0.05, 0.1) is 28.5 Å². The van der Waals surface area contributed by atoms with Crippen molar-refractivity contribution in [2.24, 2.45) is 21.6 Å². The lowest BCUT2D eigenvalue weighted by Gasteiger charge is -2.39. The first-order valence-corrected chi connectivity index (χ1v) is 17.5. The number of likely N-dealkylation sites (N-methyl/N-ethyl adjacent to an activating group) is 1. The maximum absolute atomic E-state index is 13.1. The number of allylic oxidation sites excluding steroid dienone is 1. The van der Waals surface area contributed by atoms with E-state index in [1.165, 1.54) is 0 Å². The van der Waals surface area contributed by atoms with Gasteiger partial charge in [-0.1, -0.05) is 0 Å². The average molecular weight is 682 g/mol. The van der Waals surface area contributed by atoms with Gasteiger partial charge in [0.15, 0.2) is 0 Å². The Morgan fingerprint density at radius 1 is 1.06 bits per heavy atom. The Balaban J connectivity index is 0.896. The molecule has 13 heteroatoms. The monoisotopic (exact) mass is 681 g/mol. The highest BCUT2D eigenvalue weighted by Crippen LogP contribution is 2.34. The highest BCUT2D eigenvalue weighted by molar-refractivity contribution is 6.23. The van der Waals surface area contributed by atoms with Gasteiger partial charge in [0.2, 0.25) is 11.8 Å². The van der Waals surface area contributed by atoms with E-state index >= 15 is 0 Å². The van der Waals surface area contributed by atoms with Gasteiger partial charge in [0.1, 0.15) is 6.04 Å². The van der Waals surface area contributed by atoms with E-state index in [0.29, 0.717) is 24.1 Å². The maximum atomic E-state index is 13.1. The Morgan fingerprint density at radius 2 is 1.86 bits per heavy atom. The van der Waals surface area contributed by atoms with E-state index in [9.17, 15) is 19.2 Å². The predicted molar refractivity (Wildman–Crippen MR) is 196 cm³/mol. The summed E-state index contributed by atoms with van der Waals surface area (Å²) in [5.41, 5.74) is 17.0. The van der Waals surface area contributed by atoms with Crippen LogP contribution in [0.1, 0.15) is 72.6 Å². The van der Waals surface area contributed by atoms with Crippen molar-refractivity contribution in [3.63, 3.8) is 0 Å². The van der Waals surface area contributed by atoms with E-state index < -0.39 is 29.7 Å². The van der Waals surface area contributed by atoms with Crippen LogP contribution in [0.2, 0.25) is 0 Å². The molecule has 2 aromatic rings. The molecule has 3 fully saturated rings. The van der Waals surface area contributed by atoms with Crippen LogP contribution >= 0.6 is 0 Å². The number of imide groups is 2. The lowest BCUT2D eigenvalue weighted by Crippen LogP contribution is -2.54. The number of piperazine rings is 1. The van der Waals surface area contributed by atoms with Crippen molar-refractivity contribution in [1.29, 1.82) is 0 Å². The van der Waals surface area contributed by atoms with E-state index in [4.69, 9.17) is 16.5 Å². The second kappa shape index (κ2) is 15.2. The Morgan fingerprint density at radius 3 is 2.60 bits per heavy atom. The van der Waals surface area contributed by atoms with Crippen LogP contribution in [-0.2, 0) is 9.59 Å². The van der Waals surface area contributed by atoms with Gasteiger partial charge < -0.3 is 26.6 Å². The second-order valence-corrected chi connectivity index (χ2v) is 13.8. The van der Waals surface area contributed by atoms with Gasteiger partial charge in [0, 0.05) is 68.9 Å². The quantitative estimate of drug-likeness (QED) is 0.113. The molecule has 0 aromatic heterocycles. The first-order chi connectivity index (χ1) is 24.1. The van der Waals surface area contributed by atoms with Gasteiger partial charge in [-0.05, 0) is 100 Å². The summed E-state index contributed by atoms with van der Waals surface area (Å²) < 4.78 is 0. The number of carbonyl (C=O) groups is 4. The number of nitrogen functional groups attached to an aromatic ring is 1. The number of aliphatic imine (C=N–C) groups is 2. The molecule has 1 aliphatic carbocycles. The van der Waals surface area contributed by atoms with E-state index in [1.54, 1.807) is 24.4 Å². The number of anilines is 3. The third kappa shape index (κ3) is 7.72. The van der Waals surface area contributed by atoms with E-state index in [0.717, 1.165) is 79.4 Å². The fraction of sp³-hybridized carbons (Fsp3) is 0.459. The molecule has 50 heavy (non-hydrogen) atoms. The molecule has 6 rings (SSSR count). The first-order valence-electron chi connectivity index (χ1n) is 17.5. The van der Waals surface area contributed by atoms with Gasteiger partial charge in [-0.3, -0.25) is 39.4 Å². The molecule has 2 unspecified atom stereocenters. The number of fused-ring (bicyclic) bond motifs is 1. The molecule has 3 heterocycles. The molecule has 4 amide bonds. The SMILES string of the molecule is CC1CN(c2ccc(N=CCC(C=NC3CC(CCCNc4ccc5c(c4)C(=O)N(C4CCC(=O)NC4=O)C5=O)C3)=CN)c(N)c2)CCN1C. The minimum absolute atomic E-state index is 0.0928. The Bertz CT molecular complexity index is 1730. The smallest absolute Gasteiger partial charge is 0.262 e. The van der Waals surface area contributed by atoms with Gasteiger partial charge in [0.25, 0.3) is 11.8 Å². The summed E-state index contributed by atoms with van der Waals surface area (Å²) in [4.78, 5) is 64.8. The number of nitrogens with one attached hydrogen (secondary N) is 2. The summed E-state index contributed by atoms with van der Waals surface area (Å²) in [6, 6.07) is 11.0. The molecule has 13 nitrogen and oxygen atoms in total. The lowest BCUT2D eigenvalue weighted by atomic mass is 9.78. The number of rotatable bonds is 12. The van der Waals surface area contributed by atoms with E-state index in [2.05, 4.69) is 45.5 Å². The van der Waals surface area contributed by atoms with Crippen LogP contribution in [0.4, 0.5) is 22.7 Å². The zero-order valence-corrected chi connectivity index (χ0v) is 28.8. The predicted octanol–water partition coefficient (Wildman–Crippen LogP) is 3.49. The highest BCUT2D eigenvalue weighted by Gasteiger charge is 2.44. The van der Waals surface area contributed by atoms with E-state index in [1.807, 2.05) is 24.6 Å². The summed E-state index contributed by atoms with van der Waals surface area (Å²) in [5.74, 6) is -1.41. The molecule has 264 valence electrons. The molecular formula is C37H47N9O4. The molecule has 0 spiro atoms. The van der Waals surface area contributed by atoms with Crippen molar-refractivity contribution < 1.29 is 19.2 Å². The van der Waals surface area contributed by atoms with Gasteiger partial charge in [-0.2, -0.15) is 0 Å². The number of hydrogen-bond acceptors (Lipinski definition) is 11. The zero-order valence-electron chi connectivity index (χ0n) is 28.8. The van der Waals surface area contributed by atoms with Crippen molar-refractivity contribution in [3.8, 4) is 0 Å². The molecule has 2 aromatic carbocycles. The number of hydrogen-bond donors (Lipinski definition) is 4. The minimum atomic E-state index is -0.968. The number of carbonyl (C=O) groups excluding carboxylic acids is 4.